The van der Waals surface area contributed by atoms with Crippen LogP contribution in [0.5, 0.6) is 0 Å². The summed E-state index contributed by atoms with van der Waals surface area (Å²) in [5.74, 6) is -0.844. The molecule has 26 heavy (non-hydrogen) atoms. The summed E-state index contributed by atoms with van der Waals surface area (Å²) in [6, 6.07) is 11.7. The van der Waals surface area contributed by atoms with E-state index in [4.69, 9.17) is 23.2 Å². The molecule has 0 aromatic heterocycles. The van der Waals surface area contributed by atoms with Crippen LogP contribution in [0.1, 0.15) is 15.9 Å². The number of imide groups is 1. The Kier molecular flexibility index (Phi) is 5.87. The fraction of sp³-hybridized carbons (Fsp3) is 0.0556. The van der Waals surface area contributed by atoms with Crippen LogP contribution in [0, 0.1) is 0 Å². The van der Waals surface area contributed by atoms with Crippen LogP contribution in [0.25, 0.3) is 6.08 Å². The van der Waals surface area contributed by atoms with Crippen LogP contribution in [0.4, 0.5) is 4.79 Å². The molecule has 0 bridgehead atoms. The lowest BCUT2D eigenvalue weighted by atomic mass is 10.1. The maximum atomic E-state index is 12.5. The van der Waals surface area contributed by atoms with Gasteiger partial charge in [0.2, 0.25) is 0 Å². The molecular formula is C18H10BrCl2NO3S. The molecule has 1 aliphatic heterocycles. The number of amides is 2. The topological polar surface area (TPSA) is 54.5 Å². The minimum atomic E-state index is -0.526. The number of rotatable bonds is 4. The first-order valence-electron chi connectivity index (χ1n) is 7.35. The van der Waals surface area contributed by atoms with Crippen molar-refractivity contribution in [2.45, 2.75) is 0 Å². The monoisotopic (exact) mass is 469 g/mol. The lowest BCUT2D eigenvalue weighted by Gasteiger charge is -2.11. The van der Waals surface area contributed by atoms with Crippen LogP contribution in [-0.4, -0.2) is 28.4 Å². The van der Waals surface area contributed by atoms with Crippen LogP contribution < -0.4 is 0 Å². The Balaban J connectivity index is 1.80. The van der Waals surface area contributed by atoms with Crippen molar-refractivity contribution in [2.75, 3.05) is 6.54 Å². The number of carbonyl (C=O) groups excluding carboxylic acids is 3. The number of ketones is 1. The van der Waals surface area contributed by atoms with E-state index in [0.29, 0.717) is 21.2 Å². The third kappa shape index (κ3) is 4.04. The molecule has 8 heteroatoms. The minimum Gasteiger partial charge on any atom is -0.292 e. The fourth-order valence-corrected chi connectivity index (χ4v) is 3.74. The number of halogens is 3. The minimum absolute atomic E-state index is 0.197. The average molecular weight is 471 g/mol. The maximum Gasteiger partial charge on any atom is 0.293 e. The van der Waals surface area contributed by atoms with E-state index >= 15 is 0 Å². The van der Waals surface area contributed by atoms with Gasteiger partial charge < -0.3 is 0 Å². The van der Waals surface area contributed by atoms with E-state index in [1.165, 1.54) is 6.08 Å². The van der Waals surface area contributed by atoms with Crippen molar-refractivity contribution in [2.24, 2.45) is 0 Å². The summed E-state index contributed by atoms with van der Waals surface area (Å²) in [5, 5.41) is 0.154. The van der Waals surface area contributed by atoms with Gasteiger partial charge in [0.1, 0.15) is 0 Å². The summed E-state index contributed by atoms with van der Waals surface area (Å²) in [6.07, 6.45) is 1.50. The standard InChI is InChI=1S/C18H10BrCl2NO3S/c19-12-6-4-10(5-7-12)14(23)9-22-17(24)15(26-18(22)25)8-11-2-1-3-13(20)16(11)21/h1-8H,9H2/b15-8+. The largest absolute Gasteiger partial charge is 0.293 e. The normalized spacial score (nSPS) is 15.8. The number of hydrogen-bond acceptors (Lipinski definition) is 4. The van der Waals surface area contributed by atoms with Crippen LogP contribution in [0.15, 0.2) is 51.8 Å². The zero-order valence-corrected chi connectivity index (χ0v) is 17.0. The van der Waals surface area contributed by atoms with E-state index in [1.807, 2.05) is 0 Å². The quantitative estimate of drug-likeness (QED) is 0.426. The molecule has 0 aliphatic carbocycles. The number of thioether (sulfide) groups is 1. The van der Waals surface area contributed by atoms with Gasteiger partial charge in [0.05, 0.1) is 21.5 Å². The number of hydrogen-bond donors (Lipinski definition) is 0. The predicted molar refractivity (Wildman–Crippen MR) is 108 cm³/mol. The molecule has 1 heterocycles. The second-order valence-electron chi connectivity index (χ2n) is 5.34. The van der Waals surface area contributed by atoms with E-state index in [1.54, 1.807) is 42.5 Å². The summed E-state index contributed by atoms with van der Waals surface area (Å²) >= 11 is 16.1. The van der Waals surface area contributed by atoms with Crippen LogP contribution in [0.3, 0.4) is 0 Å². The van der Waals surface area contributed by atoms with Crippen molar-refractivity contribution >= 4 is 73.9 Å². The van der Waals surface area contributed by atoms with Gasteiger partial charge in [0.15, 0.2) is 5.78 Å². The first-order valence-corrected chi connectivity index (χ1v) is 9.71. The third-order valence-electron chi connectivity index (χ3n) is 3.61. The lowest BCUT2D eigenvalue weighted by molar-refractivity contribution is -0.122. The summed E-state index contributed by atoms with van der Waals surface area (Å²) in [6.45, 7) is -0.313. The Hall–Kier alpha value is -1.60. The van der Waals surface area contributed by atoms with Crippen molar-refractivity contribution in [3.05, 3.63) is 73.0 Å². The molecule has 132 valence electrons. The molecule has 1 saturated heterocycles. The zero-order chi connectivity index (χ0) is 18.8. The zero-order valence-electron chi connectivity index (χ0n) is 13.0. The SMILES string of the molecule is O=C(CN1C(=O)S/C(=C/c2cccc(Cl)c2Cl)C1=O)c1ccc(Br)cc1. The molecule has 0 N–H and O–H groups in total. The van der Waals surface area contributed by atoms with Gasteiger partial charge in [-0.1, -0.05) is 63.4 Å². The van der Waals surface area contributed by atoms with Crippen molar-refractivity contribution in [1.29, 1.82) is 0 Å². The predicted octanol–water partition coefficient (Wildman–Crippen LogP) is 5.68. The molecule has 0 spiro atoms. The highest BCUT2D eigenvalue weighted by Gasteiger charge is 2.36. The molecule has 0 radical (unpaired) electrons. The maximum absolute atomic E-state index is 12.5. The number of carbonyl (C=O) groups is 3. The summed E-state index contributed by atoms with van der Waals surface area (Å²) < 4.78 is 0.835. The van der Waals surface area contributed by atoms with Gasteiger partial charge in [0.25, 0.3) is 11.1 Å². The van der Waals surface area contributed by atoms with Crippen molar-refractivity contribution < 1.29 is 14.4 Å². The van der Waals surface area contributed by atoms with E-state index in [9.17, 15) is 14.4 Å². The second-order valence-corrected chi connectivity index (χ2v) is 8.04. The van der Waals surface area contributed by atoms with E-state index in [-0.39, 0.29) is 17.2 Å². The number of nitrogens with zero attached hydrogens (tertiary/aromatic N) is 1. The molecule has 0 saturated carbocycles. The molecule has 0 unspecified atom stereocenters. The van der Waals surface area contributed by atoms with Gasteiger partial charge in [-0.2, -0.15) is 0 Å². The molecule has 3 rings (SSSR count). The Labute approximate surface area is 172 Å². The smallest absolute Gasteiger partial charge is 0.292 e. The highest BCUT2D eigenvalue weighted by atomic mass is 79.9. The highest BCUT2D eigenvalue weighted by molar-refractivity contribution is 9.10. The lowest BCUT2D eigenvalue weighted by Crippen LogP contribution is -2.33. The average Bonchev–Trinajstić information content (AvgIpc) is 2.87. The molecule has 1 fully saturated rings. The molecule has 2 aromatic carbocycles. The Morgan fingerprint density at radius 2 is 1.81 bits per heavy atom. The highest BCUT2D eigenvalue weighted by Crippen LogP contribution is 2.35. The molecular weight excluding hydrogens is 461 g/mol. The van der Waals surface area contributed by atoms with Gasteiger partial charge in [0, 0.05) is 10.0 Å². The summed E-state index contributed by atoms with van der Waals surface area (Å²) in [5.41, 5.74) is 0.956. The van der Waals surface area contributed by atoms with E-state index in [2.05, 4.69) is 15.9 Å². The van der Waals surface area contributed by atoms with Crippen LogP contribution in [0.2, 0.25) is 10.0 Å². The molecule has 1 aliphatic rings. The molecule has 2 aromatic rings. The van der Waals surface area contributed by atoms with Crippen molar-refractivity contribution in [3.8, 4) is 0 Å². The Morgan fingerprint density at radius 3 is 2.50 bits per heavy atom. The first-order chi connectivity index (χ1) is 12.4. The number of Topliss-reactive ketones (excluding diaryl/α,β-unsaturated/α-hetero) is 1. The van der Waals surface area contributed by atoms with Gasteiger partial charge in [-0.3, -0.25) is 19.3 Å². The Morgan fingerprint density at radius 1 is 1.12 bits per heavy atom. The van der Waals surface area contributed by atoms with E-state index < -0.39 is 11.1 Å². The van der Waals surface area contributed by atoms with Gasteiger partial charge >= 0.3 is 0 Å². The van der Waals surface area contributed by atoms with Gasteiger partial charge in [-0.05, 0) is 41.6 Å². The number of benzene rings is 2. The first kappa shape index (κ1) is 19.2. The van der Waals surface area contributed by atoms with Crippen LogP contribution in [-0.2, 0) is 4.79 Å². The summed E-state index contributed by atoms with van der Waals surface area (Å²) in [4.78, 5) is 38.1. The van der Waals surface area contributed by atoms with Gasteiger partial charge in [-0.25, -0.2) is 0 Å². The van der Waals surface area contributed by atoms with Crippen molar-refractivity contribution in [3.63, 3.8) is 0 Å². The fourth-order valence-electron chi connectivity index (χ4n) is 2.28. The molecule has 4 nitrogen and oxygen atoms in total. The molecule has 0 atom stereocenters. The second kappa shape index (κ2) is 7.96. The van der Waals surface area contributed by atoms with Crippen LogP contribution >= 0.6 is 50.9 Å². The van der Waals surface area contributed by atoms with E-state index in [0.717, 1.165) is 21.1 Å². The van der Waals surface area contributed by atoms with Gasteiger partial charge in [-0.15, -0.1) is 0 Å². The summed E-state index contributed by atoms with van der Waals surface area (Å²) in [7, 11) is 0. The third-order valence-corrected chi connectivity index (χ3v) is 5.88. The Bertz CT molecular complexity index is 944. The van der Waals surface area contributed by atoms with Crippen molar-refractivity contribution in [1.82, 2.24) is 4.90 Å². The molecule has 2 amide bonds.